The Kier molecular flexibility index (Phi) is 4.06. The molecule has 1 fully saturated rings. The van der Waals surface area contributed by atoms with Crippen LogP contribution in [0.3, 0.4) is 0 Å². The summed E-state index contributed by atoms with van der Waals surface area (Å²) in [5, 5.41) is 7.94. The van der Waals surface area contributed by atoms with Crippen LogP contribution in [-0.4, -0.2) is 38.6 Å². The Morgan fingerprint density at radius 3 is 3.00 bits per heavy atom. The van der Waals surface area contributed by atoms with Gasteiger partial charge in [0.15, 0.2) is 5.65 Å². The van der Waals surface area contributed by atoms with Gasteiger partial charge in [-0.15, -0.1) is 0 Å². The molecule has 5 nitrogen and oxygen atoms in total. The second-order valence-corrected chi connectivity index (χ2v) is 6.42. The highest BCUT2D eigenvalue weighted by molar-refractivity contribution is 5.97. The van der Waals surface area contributed by atoms with E-state index in [1.54, 1.807) is 6.20 Å². The lowest BCUT2D eigenvalue weighted by Gasteiger charge is -2.22. The number of rotatable bonds is 3. The summed E-state index contributed by atoms with van der Waals surface area (Å²) in [6.45, 7) is 2.72. The van der Waals surface area contributed by atoms with Crippen molar-refractivity contribution in [2.75, 3.05) is 6.54 Å². The van der Waals surface area contributed by atoms with Crippen molar-refractivity contribution in [2.24, 2.45) is 0 Å². The molecule has 0 bridgehead atoms. The summed E-state index contributed by atoms with van der Waals surface area (Å²) < 4.78 is 0. The zero-order valence-corrected chi connectivity index (χ0v) is 14.1. The molecule has 1 amide bonds. The van der Waals surface area contributed by atoms with Gasteiger partial charge in [0.1, 0.15) is 0 Å². The molecule has 3 heterocycles. The van der Waals surface area contributed by atoms with Crippen LogP contribution in [0.2, 0.25) is 0 Å². The first-order valence-electron chi connectivity index (χ1n) is 8.57. The maximum atomic E-state index is 13.0. The minimum Gasteiger partial charge on any atom is -0.332 e. The highest BCUT2D eigenvalue weighted by Crippen LogP contribution is 2.23. The first-order valence-corrected chi connectivity index (χ1v) is 8.57. The average Bonchev–Trinajstić information content (AvgIpc) is 3.27. The van der Waals surface area contributed by atoms with E-state index in [-0.39, 0.29) is 11.9 Å². The van der Waals surface area contributed by atoms with Gasteiger partial charge in [-0.05, 0) is 31.4 Å². The van der Waals surface area contributed by atoms with E-state index in [2.05, 4.69) is 39.5 Å². The number of aryl methyl sites for hydroxylation is 1. The van der Waals surface area contributed by atoms with Gasteiger partial charge in [0, 0.05) is 23.8 Å². The van der Waals surface area contributed by atoms with Gasteiger partial charge in [-0.25, -0.2) is 4.98 Å². The van der Waals surface area contributed by atoms with Crippen molar-refractivity contribution in [2.45, 2.75) is 25.8 Å². The Labute approximate surface area is 146 Å². The lowest BCUT2D eigenvalue weighted by atomic mass is 10.1. The topological polar surface area (TPSA) is 61.9 Å². The van der Waals surface area contributed by atoms with E-state index in [9.17, 15) is 4.79 Å². The Balaban J connectivity index is 1.57. The second kappa shape index (κ2) is 6.51. The quantitative estimate of drug-likeness (QED) is 0.797. The first-order chi connectivity index (χ1) is 12.2. The Hall–Kier alpha value is -2.95. The molecule has 1 aromatic carbocycles. The van der Waals surface area contributed by atoms with Crippen LogP contribution >= 0.6 is 0 Å². The highest BCUT2D eigenvalue weighted by Gasteiger charge is 2.28. The molecule has 1 unspecified atom stereocenters. The van der Waals surface area contributed by atoms with E-state index >= 15 is 0 Å². The number of aromatic nitrogens is 3. The number of amides is 1. The van der Waals surface area contributed by atoms with Crippen LogP contribution in [0.25, 0.3) is 17.1 Å². The van der Waals surface area contributed by atoms with Crippen LogP contribution in [0, 0.1) is 6.92 Å². The summed E-state index contributed by atoms with van der Waals surface area (Å²) >= 11 is 0. The summed E-state index contributed by atoms with van der Waals surface area (Å²) in [6.07, 6.45) is 7.87. The molecule has 1 atom stereocenters. The summed E-state index contributed by atoms with van der Waals surface area (Å²) in [5.41, 5.74) is 3.35. The maximum absolute atomic E-state index is 13.0. The molecule has 0 spiro atoms. The van der Waals surface area contributed by atoms with Crippen molar-refractivity contribution in [3.8, 4) is 0 Å². The Morgan fingerprint density at radius 2 is 2.16 bits per heavy atom. The number of nitrogens with one attached hydrogen (secondary N) is 1. The zero-order valence-electron chi connectivity index (χ0n) is 14.1. The molecule has 126 valence electrons. The highest BCUT2D eigenvalue weighted by atomic mass is 16.2. The summed E-state index contributed by atoms with van der Waals surface area (Å²) in [4.78, 5) is 19.2. The van der Waals surface area contributed by atoms with Crippen molar-refractivity contribution in [3.05, 3.63) is 65.5 Å². The summed E-state index contributed by atoms with van der Waals surface area (Å²) in [5.74, 6) is 0.0372. The molecule has 0 radical (unpaired) electrons. The number of aromatic amines is 1. The molecule has 5 heteroatoms. The lowest BCUT2D eigenvalue weighted by Crippen LogP contribution is -2.34. The van der Waals surface area contributed by atoms with Crippen LogP contribution < -0.4 is 0 Å². The summed E-state index contributed by atoms with van der Waals surface area (Å²) in [6, 6.07) is 12.2. The Bertz CT molecular complexity index is 929. The molecular weight excluding hydrogens is 312 g/mol. The zero-order chi connectivity index (χ0) is 17.2. The number of carbonyl (C=O) groups excluding carboxylic acids is 1. The Morgan fingerprint density at radius 1 is 1.32 bits per heavy atom. The predicted molar refractivity (Wildman–Crippen MR) is 98.2 cm³/mol. The van der Waals surface area contributed by atoms with Crippen LogP contribution in [0.5, 0.6) is 0 Å². The molecule has 1 aliphatic rings. The van der Waals surface area contributed by atoms with E-state index in [0.29, 0.717) is 11.2 Å². The van der Waals surface area contributed by atoms with E-state index in [1.165, 1.54) is 0 Å². The van der Waals surface area contributed by atoms with Crippen molar-refractivity contribution in [3.63, 3.8) is 0 Å². The van der Waals surface area contributed by atoms with Crippen molar-refractivity contribution in [1.82, 2.24) is 20.1 Å². The van der Waals surface area contributed by atoms with Gasteiger partial charge < -0.3 is 4.90 Å². The van der Waals surface area contributed by atoms with E-state index in [0.717, 1.165) is 36.0 Å². The first kappa shape index (κ1) is 15.6. The van der Waals surface area contributed by atoms with Gasteiger partial charge in [0.05, 0.1) is 11.6 Å². The SMILES string of the molecule is Cc1[nH]nc2ncc(C(=O)N3CCCC3/C=C/c3ccccc3)cc12. The number of H-pyrrole nitrogens is 1. The van der Waals surface area contributed by atoms with Gasteiger partial charge in [-0.3, -0.25) is 9.89 Å². The van der Waals surface area contributed by atoms with Crippen LogP contribution in [0.1, 0.15) is 34.5 Å². The number of benzene rings is 1. The van der Waals surface area contributed by atoms with Gasteiger partial charge in [-0.1, -0.05) is 42.5 Å². The van der Waals surface area contributed by atoms with Gasteiger partial charge in [-0.2, -0.15) is 5.10 Å². The van der Waals surface area contributed by atoms with Crippen LogP contribution in [-0.2, 0) is 0 Å². The molecule has 0 aliphatic carbocycles. The molecule has 1 N–H and O–H groups in total. The number of likely N-dealkylation sites (tertiary alicyclic amines) is 1. The molecule has 1 aliphatic heterocycles. The smallest absolute Gasteiger partial charge is 0.255 e. The van der Waals surface area contributed by atoms with Crippen LogP contribution in [0.15, 0.2) is 48.7 Å². The fourth-order valence-electron chi connectivity index (χ4n) is 3.33. The normalized spacial score (nSPS) is 17.6. The van der Waals surface area contributed by atoms with E-state index < -0.39 is 0 Å². The predicted octanol–water partition coefficient (Wildman–Crippen LogP) is 3.58. The fourth-order valence-corrected chi connectivity index (χ4v) is 3.33. The van der Waals surface area contributed by atoms with E-state index in [1.807, 2.05) is 36.1 Å². The van der Waals surface area contributed by atoms with Crippen LogP contribution in [0.4, 0.5) is 0 Å². The third-order valence-corrected chi connectivity index (χ3v) is 4.72. The second-order valence-electron chi connectivity index (χ2n) is 6.42. The standard InChI is InChI=1S/C20H20N4O/c1-14-18-12-16(13-21-19(18)23-22-14)20(25)24-11-5-8-17(24)10-9-15-6-3-2-4-7-15/h2-4,6-7,9-10,12-13,17H,5,8,11H2,1H3,(H,21,22,23)/b10-9+. The van der Waals surface area contributed by atoms with E-state index in [4.69, 9.17) is 0 Å². The minimum absolute atomic E-state index is 0.0372. The average molecular weight is 332 g/mol. The largest absolute Gasteiger partial charge is 0.332 e. The molecule has 1 saturated heterocycles. The van der Waals surface area contributed by atoms with Gasteiger partial charge >= 0.3 is 0 Å². The van der Waals surface area contributed by atoms with Crippen molar-refractivity contribution < 1.29 is 4.79 Å². The van der Waals surface area contributed by atoms with Crippen molar-refractivity contribution in [1.29, 1.82) is 0 Å². The molecule has 0 saturated carbocycles. The number of nitrogens with zero attached hydrogens (tertiary/aromatic N) is 3. The van der Waals surface area contributed by atoms with Crippen molar-refractivity contribution >= 4 is 23.0 Å². The number of hydrogen-bond donors (Lipinski definition) is 1. The lowest BCUT2D eigenvalue weighted by molar-refractivity contribution is 0.0762. The minimum atomic E-state index is 0.0372. The number of carbonyl (C=O) groups is 1. The number of hydrogen-bond acceptors (Lipinski definition) is 3. The third-order valence-electron chi connectivity index (χ3n) is 4.72. The van der Waals surface area contributed by atoms with Gasteiger partial charge in [0.2, 0.25) is 0 Å². The molecule has 2 aromatic heterocycles. The summed E-state index contributed by atoms with van der Waals surface area (Å²) in [7, 11) is 0. The molecular formula is C20H20N4O. The fraction of sp³-hybridized carbons (Fsp3) is 0.250. The molecule has 4 rings (SSSR count). The molecule has 25 heavy (non-hydrogen) atoms. The molecule has 3 aromatic rings. The monoisotopic (exact) mass is 332 g/mol. The van der Waals surface area contributed by atoms with Gasteiger partial charge in [0.25, 0.3) is 5.91 Å². The number of pyridine rings is 1. The third kappa shape index (κ3) is 3.05. The maximum Gasteiger partial charge on any atom is 0.255 e. The number of fused-ring (bicyclic) bond motifs is 1.